The summed E-state index contributed by atoms with van der Waals surface area (Å²) in [4.78, 5) is 37.2. The van der Waals surface area contributed by atoms with Crippen LogP contribution in [0.5, 0.6) is 0 Å². The van der Waals surface area contributed by atoms with Gasteiger partial charge >= 0.3 is 12.1 Å². The fraction of sp³-hybridized carbons (Fsp3) is 0.423. The first-order valence-corrected chi connectivity index (χ1v) is 12.7. The van der Waals surface area contributed by atoms with Crippen molar-refractivity contribution in [1.29, 1.82) is 0 Å². The van der Waals surface area contributed by atoms with E-state index in [0.29, 0.717) is 12.2 Å². The number of hydrogen-bond donors (Lipinski definition) is 3. The first-order valence-electron chi connectivity index (χ1n) is 11.3. The fourth-order valence-corrected chi connectivity index (χ4v) is 4.65. The highest BCUT2D eigenvalue weighted by Crippen LogP contribution is 2.44. The van der Waals surface area contributed by atoms with Gasteiger partial charge in [0.1, 0.15) is 18.7 Å². The summed E-state index contributed by atoms with van der Waals surface area (Å²) >= 11 is 1.50. The van der Waals surface area contributed by atoms with Crippen LogP contribution in [0.25, 0.3) is 11.1 Å². The lowest BCUT2D eigenvalue weighted by Gasteiger charge is -2.31. The summed E-state index contributed by atoms with van der Waals surface area (Å²) in [5.74, 6) is -1.15. The minimum Gasteiger partial charge on any atom is -0.480 e. The minimum atomic E-state index is -1.10. The molecule has 1 aliphatic carbocycles. The predicted octanol–water partition coefficient (Wildman–Crippen LogP) is 4.26. The number of ether oxygens (including phenoxy) is 1. The third-order valence-electron chi connectivity index (χ3n) is 5.96. The normalized spacial score (nSPS) is 14.5. The highest BCUT2D eigenvalue weighted by atomic mass is 32.2. The smallest absolute Gasteiger partial charge is 0.407 e. The Balaban J connectivity index is 1.68. The van der Waals surface area contributed by atoms with Gasteiger partial charge < -0.3 is 20.5 Å². The van der Waals surface area contributed by atoms with Crippen LogP contribution in [0.15, 0.2) is 48.5 Å². The number of benzene rings is 2. The first-order chi connectivity index (χ1) is 16.1. The van der Waals surface area contributed by atoms with Crippen LogP contribution in [-0.2, 0) is 14.3 Å². The monoisotopic (exact) mass is 484 g/mol. The van der Waals surface area contributed by atoms with Crippen molar-refractivity contribution in [3.05, 3.63) is 59.7 Å². The fourth-order valence-electron chi connectivity index (χ4n) is 4.18. The molecule has 0 bridgehead atoms. The van der Waals surface area contributed by atoms with Gasteiger partial charge in [0, 0.05) is 5.92 Å². The molecule has 0 fully saturated rings. The number of fused-ring (bicyclic) bond motifs is 3. The van der Waals surface area contributed by atoms with Crippen LogP contribution in [0.3, 0.4) is 0 Å². The van der Waals surface area contributed by atoms with Crippen LogP contribution in [0.2, 0.25) is 0 Å². The van der Waals surface area contributed by atoms with E-state index in [4.69, 9.17) is 4.74 Å². The molecule has 182 valence electrons. The molecule has 3 N–H and O–H groups in total. The van der Waals surface area contributed by atoms with Crippen molar-refractivity contribution in [2.24, 2.45) is 5.41 Å². The van der Waals surface area contributed by atoms with Crippen molar-refractivity contribution >= 4 is 29.7 Å². The molecule has 8 heteroatoms. The Hall–Kier alpha value is -3.00. The molecule has 2 aromatic carbocycles. The number of aliphatic carboxylic acids is 1. The second-order valence-corrected chi connectivity index (χ2v) is 10.4. The topological polar surface area (TPSA) is 105 Å². The van der Waals surface area contributed by atoms with Crippen LogP contribution in [0.1, 0.15) is 44.2 Å². The summed E-state index contributed by atoms with van der Waals surface area (Å²) in [5, 5.41) is 14.7. The standard InChI is InChI=1S/C26H32N2O5S/c1-26(2,3)22(23(29)27-21(24(30)31)13-14-34-4)28-25(32)33-15-20-18-11-7-5-9-16(18)17-10-6-8-12-19(17)20/h5-12,20-22H,13-15H2,1-4H3,(H,27,29)(H,28,32)(H,30,31)/t21-,22?/m0/s1. The molecule has 0 heterocycles. The molecule has 0 spiro atoms. The Morgan fingerprint density at radius 1 is 1.00 bits per heavy atom. The number of carboxylic acid groups (broad SMARTS) is 1. The number of hydrogen-bond acceptors (Lipinski definition) is 5. The van der Waals surface area contributed by atoms with E-state index in [9.17, 15) is 19.5 Å². The van der Waals surface area contributed by atoms with Gasteiger partial charge in [-0.2, -0.15) is 11.8 Å². The first kappa shape index (κ1) is 25.6. The van der Waals surface area contributed by atoms with E-state index < -0.39 is 35.5 Å². The highest BCUT2D eigenvalue weighted by molar-refractivity contribution is 7.98. The number of rotatable bonds is 9. The lowest BCUT2D eigenvalue weighted by Crippen LogP contribution is -2.56. The van der Waals surface area contributed by atoms with Crippen molar-refractivity contribution in [2.75, 3.05) is 18.6 Å². The van der Waals surface area contributed by atoms with Gasteiger partial charge in [-0.05, 0) is 46.1 Å². The Bertz CT molecular complexity index is 1000. The summed E-state index contributed by atoms with van der Waals surface area (Å²) in [5.41, 5.74) is 3.80. The zero-order valence-corrected chi connectivity index (χ0v) is 20.8. The Morgan fingerprint density at radius 2 is 1.56 bits per heavy atom. The van der Waals surface area contributed by atoms with E-state index in [1.807, 2.05) is 42.7 Å². The average molecular weight is 485 g/mol. The van der Waals surface area contributed by atoms with Gasteiger partial charge in [-0.1, -0.05) is 69.3 Å². The van der Waals surface area contributed by atoms with E-state index >= 15 is 0 Å². The molecule has 3 rings (SSSR count). The molecule has 0 saturated carbocycles. The van der Waals surface area contributed by atoms with Crippen LogP contribution in [-0.4, -0.2) is 53.8 Å². The quantitative estimate of drug-likeness (QED) is 0.491. The van der Waals surface area contributed by atoms with Crippen LogP contribution in [0, 0.1) is 5.41 Å². The van der Waals surface area contributed by atoms with Crippen LogP contribution >= 0.6 is 11.8 Å². The Kier molecular flexibility index (Phi) is 8.25. The van der Waals surface area contributed by atoms with E-state index in [2.05, 4.69) is 22.8 Å². The summed E-state index contributed by atoms with van der Waals surface area (Å²) in [6.45, 7) is 5.54. The number of thioether (sulfide) groups is 1. The lowest BCUT2D eigenvalue weighted by molar-refractivity contribution is -0.142. The molecule has 7 nitrogen and oxygen atoms in total. The molecule has 1 unspecified atom stereocenters. The summed E-state index contributed by atoms with van der Waals surface area (Å²) in [6.07, 6.45) is 1.45. The second-order valence-electron chi connectivity index (χ2n) is 9.45. The number of carboxylic acids is 1. The molecule has 2 atom stereocenters. The van der Waals surface area contributed by atoms with Gasteiger partial charge in [-0.3, -0.25) is 4.79 Å². The minimum absolute atomic E-state index is 0.0944. The van der Waals surface area contributed by atoms with Crippen molar-refractivity contribution in [3.63, 3.8) is 0 Å². The zero-order chi connectivity index (χ0) is 24.9. The summed E-state index contributed by atoms with van der Waals surface area (Å²) in [6, 6.07) is 14.1. The van der Waals surface area contributed by atoms with E-state index in [0.717, 1.165) is 22.3 Å². The molecular formula is C26H32N2O5S. The largest absolute Gasteiger partial charge is 0.480 e. The van der Waals surface area contributed by atoms with Gasteiger partial charge in [0.2, 0.25) is 5.91 Å². The number of carbonyl (C=O) groups excluding carboxylic acids is 2. The number of nitrogens with one attached hydrogen (secondary N) is 2. The summed E-state index contributed by atoms with van der Waals surface area (Å²) < 4.78 is 5.58. The van der Waals surface area contributed by atoms with Gasteiger partial charge in [0.15, 0.2) is 0 Å². The number of amides is 2. The van der Waals surface area contributed by atoms with Gasteiger partial charge in [0.25, 0.3) is 0 Å². The van der Waals surface area contributed by atoms with Crippen molar-refractivity contribution in [1.82, 2.24) is 10.6 Å². The van der Waals surface area contributed by atoms with E-state index in [1.165, 1.54) is 11.8 Å². The number of carbonyl (C=O) groups is 3. The molecule has 0 aromatic heterocycles. The second kappa shape index (κ2) is 11.0. The molecule has 0 aliphatic heterocycles. The lowest BCUT2D eigenvalue weighted by atomic mass is 9.86. The third-order valence-corrected chi connectivity index (χ3v) is 6.60. The number of alkyl carbamates (subject to hydrolysis) is 1. The molecule has 1 aliphatic rings. The van der Waals surface area contributed by atoms with Gasteiger partial charge in [-0.15, -0.1) is 0 Å². The van der Waals surface area contributed by atoms with Crippen LogP contribution in [0.4, 0.5) is 4.79 Å². The highest BCUT2D eigenvalue weighted by Gasteiger charge is 2.36. The molecule has 0 radical (unpaired) electrons. The maximum absolute atomic E-state index is 12.9. The maximum atomic E-state index is 12.9. The SMILES string of the molecule is CSCC[C@H](NC(=O)C(NC(=O)OCC1c2ccccc2-c2ccccc21)C(C)(C)C)C(=O)O. The third kappa shape index (κ3) is 5.91. The van der Waals surface area contributed by atoms with Crippen molar-refractivity contribution in [2.45, 2.75) is 45.2 Å². The molecular weight excluding hydrogens is 452 g/mol. The van der Waals surface area contributed by atoms with E-state index in [-0.39, 0.29) is 12.5 Å². The van der Waals surface area contributed by atoms with Crippen LogP contribution < -0.4 is 10.6 Å². The maximum Gasteiger partial charge on any atom is 0.407 e. The molecule has 2 aromatic rings. The average Bonchev–Trinajstić information content (AvgIpc) is 3.11. The molecule has 2 amide bonds. The molecule has 34 heavy (non-hydrogen) atoms. The Labute approximate surface area is 204 Å². The zero-order valence-electron chi connectivity index (χ0n) is 20.0. The van der Waals surface area contributed by atoms with Gasteiger partial charge in [-0.25, -0.2) is 9.59 Å². The Morgan fingerprint density at radius 3 is 2.06 bits per heavy atom. The van der Waals surface area contributed by atoms with Gasteiger partial charge in [0.05, 0.1) is 0 Å². The van der Waals surface area contributed by atoms with Crippen molar-refractivity contribution < 1.29 is 24.2 Å². The van der Waals surface area contributed by atoms with E-state index in [1.54, 1.807) is 20.8 Å². The van der Waals surface area contributed by atoms with Crippen molar-refractivity contribution in [3.8, 4) is 11.1 Å². The predicted molar refractivity (Wildman–Crippen MR) is 134 cm³/mol. The summed E-state index contributed by atoms with van der Waals surface area (Å²) in [7, 11) is 0. The molecule has 0 saturated heterocycles.